The second-order valence-corrected chi connectivity index (χ2v) is 7.53. The van der Waals surface area contributed by atoms with E-state index in [1.165, 1.54) is 16.9 Å². The smallest absolute Gasteiger partial charge is 0.264 e. The molecule has 3 aromatic rings. The summed E-state index contributed by atoms with van der Waals surface area (Å²) in [6.07, 6.45) is 2.78. The van der Waals surface area contributed by atoms with E-state index in [4.69, 9.17) is 16.3 Å². The first-order chi connectivity index (χ1) is 13.1. The third-order valence-electron chi connectivity index (χ3n) is 3.81. The Labute approximate surface area is 167 Å². The zero-order chi connectivity index (χ0) is 19.1. The fraction of sp³-hybridized carbons (Fsp3) is 0.250. The summed E-state index contributed by atoms with van der Waals surface area (Å²) in [6.45, 7) is 2.07. The molecule has 2 aromatic carbocycles. The highest BCUT2D eigenvalue weighted by Crippen LogP contribution is 2.20. The highest BCUT2D eigenvalue weighted by atomic mass is 35.5. The summed E-state index contributed by atoms with van der Waals surface area (Å²) in [5.41, 5.74) is 2.35. The van der Waals surface area contributed by atoms with Crippen LogP contribution in [-0.4, -0.2) is 22.7 Å². The lowest BCUT2D eigenvalue weighted by molar-refractivity contribution is -0.118. The average Bonchev–Trinajstić information content (AvgIpc) is 3.10. The predicted molar refractivity (Wildman–Crippen MR) is 109 cm³/mol. The number of hydrogen-bond donors (Lipinski definition) is 1. The first-order valence-electron chi connectivity index (χ1n) is 8.71. The van der Waals surface area contributed by atoms with Crippen molar-refractivity contribution >= 4 is 34.0 Å². The Bertz CT molecular complexity index is 879. The van der Waals surface area contributed by atoms with Gasteiger partial charge < -0.3 is 4.74 Å². The number of amides is 1. The van der Waals surface area contributed by atoms with Crippen LogP contribution in [-0.2, 0) is 17.6 Å². The van der Waals surface area contributed by atoms with E-state index in [0.717, 1.165) is 23.4 Å². The molecule has 0 aliphatic rings. The molecule has 140 valence electrons. The number of aromatic nitrogens is 2. The van der Waals surface area contributed by atoms with Gasteiger partial charge in [0, 0.05) is 11.4 Å². The minimum Gasteiger partial charge on any atom is -0.484 e. The standard InChI is InChI=1S/C20H20ClN3O2S/c1-2-3-14-6-10-17(11-7-14)26-13-18(25)22-20-24-23-19(27-20)12-15-4-8-16(21)9-5-15/h4-11H,2-3,12-13H2,1H3,(H,22,24,25). The molecule has 0 atom stereocenters. The highest BCUT2D eigenvalue weighted by molar-refractivity contribution is 7.15. The van der Waals surface area contributed by atoms with Crippen LogP contribution in [0.2, 0.25) is 5.02 Å². The molecule has 1 heterocycles. The zero-order valence-electron chi connectivity index (χ0n) is 14.9. The topological polar surface area (TPSA) is 64.1 Å². The molecular weight excluding hydrogens is 382 g/mol. The molecule has 0 saturated carbocycles. The Hall–Kier alpha value is -2.44. The van der Waals surface area contributed by atoms with Crippen LogP contribution in [0.25, 0.3) is 0 Å². The van der Waals surface area contributed by atoms with Crippen molar-refractivity contribution in [3.63, 3.8) is 0 Å². The summed E-state index contributed by atoms with van der Waals surface area (Å²) in [6, 6.07) is 15.4. The second-order valence-electron chi connectivity index (χ2n) is 6.03. The van der Waals surface area contributed by atoms with E-state index < -0.39 is 0 Å². The van der Waals surface area contributed by atoms with Crippen molar-refractivity contribution in [3.05, 3.63) is 69.7 Å². The van der Waals surface area contributed by atoms with Crippen LogP contribution in [0.1, 0.15) is 29.5 Å². The first-order valence-corrected chi connectivity index (χ1v) is 9.90. The van der Waals surface area contributed by atoms with E-state index in [0.29, 0.717) is 22.3 Å². The summed E-state index contributed by atoms with van der Waals surface area (Å²) in [7, 11) is 0. The van der Waals surface area contributed by atoms with Crippen LogP contribution < -0.4 is 10.1 Å². The van der Waals surface area contributed by atoms with Gasteiger partial charge in [-0.3, -0.25) is 10.1 Å². The number of nitrogens with zero attached hydrogens (tertiary/aromatic N) is 2. The Balaban J connectivity index is 1.48. The summed E-state index contributed by atoms with van der Waals surface area (Å²) in [5.74, 6) is 0.410. The average molecular weight is 402 g/mol. The maximum absolute atomic E-state index is 12.0. The summed E-state index contributed by atoms with van der Waals surface area (Å²) < 4.78 is 5.52. The van der Waals surface area contributed by atoms with Gasteiger partial charge in [-0.05, 0) is 41.8 Å². The van der Waals surface area contributed by atoms with Gasteiger partial charge in [0.2, 0.25) is 5.13 Å². The molecule has 0 unspecified atom stereocenters. The number of aryl methyl sites for hydroxylation is 1. The van der Waals surface area contributed by atoms with Crippen molar-refractivity contribution in [1.82, 2.24) is 10.2 Å². The summed E-state index contributed by atoms with van der Waals surface area (Å²) >= 11 is 7.23. The molecule has 0 bridgehead atoms. The van der Waals surface area contributed by atoms with Crippen LogP contribution in [0.5, 0.6) is 5.75 Å². The number of anilines is 1. The van der Waals surface area contributed by atoms with Crippen LogP contribution >= 0.6 is 22.9 Å². The van der Waals surface area contributed by atoms with E-state index in [2.05, 4.69) is 22.4 Å². The molecule has 0 radical (unpaired) electrons. The van der Waals surface area contributed by atoms with Gasteiger partial charge in [0.1, 0.15) is 10.8 Å². The molecule has 3 rings (SSSR count). The lowest BCUT2D eigenvalue weighted by Gasteiger charge is -2.06. The largest absolute Gasteiger partial charge is 0.484 e. The van der Waals surface area contributed by atoms with Crippen molar-refractivity contribution < 1.29 is 9.53 Å². The molecule has 1 N–H and O–H groups in total. The number of carbonyl (C=O) groups excluding carboxylic acids is 1. The van der Waals surface area contributed by atoms with Gasteiger partial charge in [-0.2, -0.15) is 0 Å². The number of halogens is 1. The maximum atomic E-state index is 12.0. The SMILES string of the molecule is CCCc1ccc(OCC(=O)Nc2nnc(Cc3ccc(Cl)cc3)s2)cc1. The molecule has 5 nitrogen and oxygen atoms in total. The Morgan fingerprint density at radius 3 is 2.48 bits per heavy atom. The molecule has 1 aromatic heterocycles. The summed E-state index contributed by atoms with van der Waals surface area (Å²) in [4.78, 5) is 12.0. The van der Waals surface area contributed by atoms with E-state index in [1.807, 2.05) is 48.5 Å². The number of hydrogen-bond acceptors (Lipinski definition) is 5. The van der Waals surface area contributed by atoms with Crippen LogP contribution in [0.15, 0.2) is 48.5 Å². The van der Waals surface area contributed by atoms with Gasteiger partial charge in [-0.1, -0.05) is 60.5 Å². The van der Waals surface area contributed by atoms with Crippen molar-refractivity contribution in [2.75, 3.05) is 11.9 Å². The highest BCUT2D eigenvalue weighted by Gasteiger charge is 2.10. The van der Waals surface area contributed by atoms with Gasteiger partial charge in [0.25, 0.3) is 5.91 Å². The molecule has 0 spiro atoms. The Morgan fingerprint density at radius 2 is 1.78 bits per heavy atom. The quantitative estimate of drug-likeness (QED) is 0.591. The monoisotopic (exact) mass is 401 g/mol. The molecular formula is C20H20ClN3O2S. The van der Waals surface area contributed by atoms with E-state index in [9.17, 15) is 4.79 Å². The Morgan fingerprint density at radius 1 is 1.07 bits per heavy atom. The van der Waals surface area contributed by atoms with Crippen molar-refractivity contribution in [1.29, 1.82) is 0 Å². The summed E-state index contributed by atoms with van der Waals surface area (Å²) in [5, 5.41) is 12.8. The normalized spacial score (nSPS) is 10.6. The van der Waals surface area contributed by atoms with E-state index >= 15 is 0 Å². The van der Waals surface area contributed by atoms with Crippen molar-refractivity contribution in [2.45, 2.75) is 26.2 Å². The number of benzene rings is 2. The predicted octanol–water partition coefficient (Wildman–Crippen LogP) is 4.75. The fourth-order valence-electron chi connectivity index (χ4n) is 2.50. The van der Waals surface area contributed by atoms with Crippen LogP contribution in [0.3, 0.4) is 0 Å². The zero-order valence-corrected chi connectivity index (χ0v) is 16.5. The number of ether oxygens (including phenoxy) is 1. The van der Waals surface area contributed by atoms with Crippen LogP contribution in [0, 0.1) is 0 Å². The minimum atomic E-state index is -0.262. The third kappa shape index (κ3) is 6.05. The van der Waals surface area contributed by atoms with Gasteiger partial charge in [0.05, 0.1) is 0 Å². The fourth-order valence-corrected chi connectivity index (χ4v) is 3.41. The van der Waals surface area contributed by atoms with Crippen LogP contribution in [0.4, 0.5) is 5.13 Å². The van der Waals surface area contributed by atoms with Crippen molar-refractivity contribution in [3.8, 4) is 5.75 Å². The molecule has 27 heavy (non-hydrogen) atoms. The minimum absolute atomic E-state index is 0.0702. The van der Waals surface area contributed by atoms with Crippen molar-refractivity contribution in [2.24, 2.45) is 0 Å². The van der Waals surface area contributed by atoms with Gasteiger partial charge in [-0.15, -0.1) is 10.2 Å². The lowest BCUT2D eigenvalue weighted by Crippen LogP contribution is -2.20. The third-order valence-corrected chi connectivity index (χ3v) is 4.90. The Kier molecular flexibility index (Phi) is 6.79. The number of carbonyl (C=O) groups is 1. The molecule has 0 fully saturated rings. The maximum Gasteiger partial charge on any atom is 0.264 e. The van der Waals surface area contributed by atoms with Gasteiger partial charge >= 0.3 is 0 Å². The number of nitrogens with one attached hydrogen (secondary N) is 1. The second kappa shape index (κ2) is 9.48. The number of rotatable bonds is 8. The molecule has 0 aliphatic carbocycles. The molecule has 0 saturated heterocycles. The molecule has 7 heteroatoms. The molecule has 0 aliphatic heterocycles. The van der Waals surface area contributed by atoms with Gasteiger partial charge in [0.15, 0.2) is 6.61 Å². The molecule has 1 amide bonds. The lowest BCUT2D eigenvalue weighted by atomic mass is 10.1. The van der Waals surface area contributed by atoms with Gasteiger partial charge in [-0.25, -0.2) is 0 Å². The van der Waals surface area contributed by atoms with E-state index in [-0.39, 0.29) is 12.5 Å². The first kappa shape index (κ1) is 19.3. The van der Waals surface area contributed by atoms with E-state index in [1.54, 1.807) is 0 Å².